The van der Waals surface area contributed by atoms with E-state index in [1.54, 1.807) is 12.1 Å². The molecule has 2 aromatic carbocycles. The molecule has 0 radical (unpaired) electrons. The monoisotopic (exact) mass is 355 g/mol. The molecule has 104 valence electrons. The molecule has 7 heteroatoms. The number of hydrogen-bond acceptors (Lipinski definition) is 3. The van der Waals surface area contributed by atoms with Crippen molar-refractivity contribution in [3.63, 3.8) is 0 Å². The number of carboxylic acids is 1. The van der Waals surface area contributed by atoms with Gasteiger partial charge in [-0.3, -0.25) is 4.72 Å². The zero-order chi connectivity index (χ0) is 14.8. The number of anilines is 1. The maximum atomic E-state index is 12.1. The zero-order valence-corrected chi connectivity index (χ0v) is 12.5. The number of carbonyl (C=O) groups is 1. The van der Waals surface area contributed by atoms with Gasteiger partial charge in [0.25, 0.3) is 10.0 Å². The lowest BCUT2D eigenvalue weighted by Gasteiger charge is -2.08. The minimum atomic E-state index is -3.74. The highest BCUT2D eigenvalue weighted by Gasteiger charge is 2.14. The van der Waals surface area contributed by atoms with Crippen molar-refractivity contribution in [3.05, 3.63) is 58.6 Å². The van der Waals surface area contributed by atoms with E-state index in [0.717, 1.165) is 4.47 Å². The molecule has 0 aliphatic heterocycles. The smallest absolute Gasteiger partial charge is 0.335 e. The van der Waals surface area contributed by atoms with Crippen LogP contribution >= 0.6 is 15.9 Å². The van der Waals surface area contributed by atoms with Crippen molar-refractivity contribution < 1.29 is 18.3 Å². The first-order valence-corrected chi connectivity index (χ1v) is 7.78. The lowest BCUT2D eigenvalue weighted by molar-refractivity contribution is 0.0697. The lowest BCUT2D eigenvalue weighted by Crippen LogP contribution is -2.13. The summed E-state index contributed by atoms with van der Waals surface area (Å²) >= 11 is 3.22. The number of halogens is 1. The van der Waals surface area contributed by atoms with E-state index in [2.05, 4.69) is 20.7 Å². The molecule has 0 aliphatic rings. The molecule has 20 heavy (non-hydrogen) atoms. The zero-order valence-electron chi connectivity index (χ0n) is 10.1. The van der Waals surface area contributed by atoms with Gasteiger partial charge in [-0.15, -0.1) is 0 Å². The van der Waals surface area contributed by atoms with Crippen LogP contribution in [0.4, 0.5) is 5.69 Å². The second kappa shape index (κ2) is 5.64. The van der Waals surface area contributed by atoms with Gasteiger partial charge in [0.15, 0.2) is 0 Å². The van der Waals surface area contributed by atoms with Gasteiger partial charge < -0.3 is 5.11 Å². The third-order valence-electron chi connectivity index (χ3n) is 2.49. The summed E-state index contributed by atoms with van der Waals surface area (Å²) in [6.07, 6.45) is 0. The largest absolute Gasteiger partial charge is 0.478 e. The molecule has 5 nitrogen and oxygen atoms in total. The summed E-state index contributed by atoms with van der Waals surface area (Å²) in [5.41, 5.74) is 0.217. The summed E-state index contributed by atoms with van der Waals surface area (Å²) in [6, 6.07) is 11.7. The van der Waals surface area contributed by atoms with Gasteiger partial charge in [0.1, 0.15) is 0 Å². The molecule has 0 saturated carbocycles. The van der Waals surface area contributed by atoms with Gasteiger partial charge in [0, 0.05) is 10.2 Å². The molecule has 2 N–H and O–H groups in total. The Morgan fingerprint density at radius 1 is 1.10 bits per heavy atom. The minimum absolute atomic E-state index is 0.0148. The molecule has 0 atom stereocenters. The molecule has 0 unspecified atom stereocenters. The van der Waals surface area contributed by atoms with Crippen LogP contribution in [-0.4, -0.2) is 19.5 Å². The molecule has 0 heterocycles. The van der Waals surface area contributed by atoms with Gasteiger partial charge in [0.2, 0.25) is 0 Å². The van der Waals surface area contributed by atoms with E-state index >= 15 is 0 Å². The molecule has 0 spiro atoms. The van der Waals surface area contributed by atoms with E-state index in [-0.39, 0.29) is 16.1 Å². The molecule has 0 aliphatic carbocycles. The van der Waals surface area contributed by atoms with E-state index in [4.69, 9.17) is 5.11 Å². The third kappa shape index (κ3) is 3.37. The molecular weight excluding hydrogens is 346 g/mol. The van der Waals surface area contributed by atoms with Crippen LogP contribution in [0.1, 0.15) is 10.4 Å². The Balaban J connectivity index is 2.31. The number of rotatable bonds is 4. The second-order valence-electron chi connectivity index (χ2n) is 3.95. The summed E-state index contributed by atoms with van der Waals surface area (Å²) in [4.78, 5) is 10.9. The first kappa shape index (κ1) is 14.5. The van der Waals surface area contributed by atoms with Crippen LogP contribution in [0.5, 0.6) is 0 Å². The average molecular weight is 356 g/mol. The Hall–Kier alpha value is -1.86. The van der Waals surface area contributed by atoms with Crippen molar-refractivity contribution >= 4 is 37.6 Å². The second-order valence-corrected chi connectivity index (χ2v) is 6.54. The van der Waals surface area contributed by atoms with Crippen molar-refractivity contribution in [2.24, 2.45) is 0 Å². The maximum Gasteiger partial charge on any atom is 0.335 e. The van der Waals surface area contributed by atoms with Crippen LogP contribution in [0.25, 0.3) is 0 Å². The molecule has 0 saturated heterocycles. The van der Waals surface area contributed by atoms with Crippen LogP contribution < -0.4 is 4.72 Å². The quantitative estimate of drug-likeness (QED) is 0.882. The fourth-order valence-electron chi connectivity index (χ4n) is 1.54. The SMILES string of the molecule is O=C(O)c1cccc(NS(=O)(=O)c2ccc(Br)cc2)c1. The van der Waals surface area contributed by atoms with Crippen molar-refractivity contribution in [3.8, 4) is 0 Å². The van der Waals surface area contributed by atoms with E-state index in [0.29, 0.717) is 0 Å². The van der Waals surface area contributed by atoms with Crippen LogP contribution in [0.3, 0.4) is 0 Å². The van der Waals surface area contributed by atoms with E-state index in [1.165, 1.54) is 36.4 Å². The number of hydrogen-bond donors (Lipinski definition) is 2. The fraction of sp³-hybridized carbons (Fsp3) is 0. The van der Waals surface area contributed by atoms with Gasteiger partial charge in [-0.25, -0.2) is 13.2 Å². The minimum Gasteiger partial charge on any atom is -0.478 e. The average Bonchev–Trinajstić information content (AvgIpc) is 2.39. The topological polar surface area (TPSA) is 83.5 Å². The van der Waals surface area contributed by atoms with Gasteiger partial charge in [-0.1, -0.05) is 22.0 Å². The first-order valence-electron chi connectivity index (χ1n) is 5.50. The summed E-state index contributed by atoms with van der Waals surface area (Å²) in [5.74, 6) is -1.12. The van der Waals surface area contributed by atoms with Crippen molar-refractivity contribution in [1.29, 1.82) is 0 Å². The highest BCUT2D eigenvalue weighted by atomic mass is 79.9. The van der Waals surface area contributed by atoms with E-state index in [1.807, 2.05) is 0 Å². The normalized spacial score (nSPS) is 11.1. The van der Waals surface area contributed by atoms with Gasteiger partial charge in [-0.2, -0.15) is 0 Å². The molecular formula is C13H10BrNO4S. The lowest BCUT2D eigenvalue weighted by atomic mass is 10.2. The van der Waals surface area contributed by atoms with E-state index in [9.17, 15) is 13.2 Å². The molecule has 2 aromatic rings. The number of sulfonamides is 1. The Morgan fingerprint density at radius 3 is 2.35 bits per heavy atom. The van der Waals surface area contributed by atoms with Crippen LogP contribution in [0, 0.1) is 0 Å². The first-order chi connectivity index (χ1) is 9.38. The van der Waals surface area contributed by atoms with Crippen molar-refractivity contribution in [2.75, 3.05) is 4.72 Å². The van der Waals surface area contributed by atoms with Crippen LogP contribution in [0.2, 0.25) is 0 Å². The number of aromatic carboxylic acids is 1. The molecule has 0 bridgehead atoms. The van der Waals surface area contributed by atoms with Gasteiger partial charge >= 0.3 is 5.97 Å². The Labute approximate surface area is 124 Å². The Morgan fingerprint density at radius 2 is 1.75 bits per heavy atom. The fourth-order valence-corrected chi connectivity index (χ4v) is 2.86. The van der Waals surface area contributed by atoms with Gasteiger partial charge in [-0.05, 0) is 42.5 Å². The summed E-state index contributed by atoms with van der Waals surface area (Å²) in [7, 11) is -3.74. The molecule has 0 amide bonds. The molecule has 2 rings (SSSR count). The standard InChI is InChI=1S/C13H10BrNO4S/c14-10-4-6-12(7-5-10)20(18,19)15-11-3-1-2-9(8-11)13(16)17/h1-8,15H,(H,16,17). The number of benzene rings is 2. The van der Waals surface area contributed by atoms with Crippen molar-refractivity contribution in [2.45, 2.75) is 4.90 Å². The Kier molecular flexibility index (Phi) is 4.10. The van der Waals surface area contributed by atoms with E-state index < -0.39 is 16.0 Å². The molecule has 0 aromatic heterocycles. The Bertz CT molecular complexity index is 741. The molecule has 0 fully saturated rings. The summed E-state index contributed by atoms with van der Waals surface area (Å²) in [6.45, 7) is 0. The van der Waals surface area contributed by atoms with Crippen LogP contribution in [-0.2, 0) is 10.0 Å². The van der Waals surface area contributed by atoms with Crippen molar-refractivity contribution in [1.82, 2.24) is 0 Å². The maximum absolute atomic E-state index is 12.1. The third-order valence-corrected chi connectivity index (χ3v) is 4.41. The predicted octanol–water partition coefficient (Wildman–Crippen LogP) is 2.95. The number of carboxylic acid groups (broad SMARTS) is 1. The number of nitrogens with one attached hydrogen (secondary N) is 1. The highest BCUT2D eigenvalue weighted by Crippen LogP contribution is 2.19. The predicted molar refractivity (Wildman–Crippen MR) is 78.4 cm³/mol. The van der Waals surface area contributed by atoms with Crippen LogP contribution in [0.15, 0.2) is 57.9 Å². The highest BCUT2D eigenvalue weighted by molar-refractivity contribution is 9.10. The summed E-state index contributed by atoms with van der Waals surface area (Å²) in [5, 5.41) is 8.87. The van der Waals surface area contributed by atoms with Gasteiger partial charge in [0.05, 0.1) is 10.5 Å². The summed E-state index contributed by atoms with van der Waals surface area (Å²) < 4.78 is 27.4.